The van der Waals surface area contributed by atoms with Gasteiger partial charge in [0.25, 0.3) is 0 Å². The third kappa shape index (κ3) is 4.50. The quantitative estimate of drug-likeness (QED) is 0.227. The topological polar surface area (TPSA) is 157 Å². The van der Waals surface area contributed by atoms with Crippen molar-refractivity contribution in [2.75, 3.05) is 13.2 Å². The SMILES string of the molecule is O=P(O)(O)OCC1(O)OC(CO)C(O)C1O.[Na]. The van der Waals surface area contributed by atoms with Crippen molar-refractivity contribution in [2.45, 2.75) is 24.1 Å². The normalized spacial score (nSPS) is 37.9. The van der Waals surface area contributed by atoms with E-state index in [9.17, 15) is 19.9 Å². The van der Waals surface area contributed by atoms with Crippen LogP contribution >= 0.6 is 7.82 Å². The number of phosphoric ester groups is 1. The van der Waals surface area contributed by atoms with E-state index in [0.29, 0.717) is 0 Å². The number of phosphoric acid groups is 1. The first-order valence-electron chi connectivity index (χ1n) is 4.27. The predicted molar refractivity (Wildman–Crippen MR) is 52.7 cm³/mol. The van der Waals surface area contributed by atoms with Gasteiger partial charge in [-0.25, -0.2) is 4.57 Å². The second-order valence-corrected chi connectivity index (χ2v) is 4.62. The van der Waals surface area contributed by atoms with Crippen LogP contribution in [-0.4, -0.2) is 97.1 Å². The smallest absolute Gasteiger partial charge is 0.394 e. The van der Waals surface area contributed by atoms with Crippen LogP contribution in [0.4, 0.5) is 0 Å². The fraction of sp³-hybridized carbons (Fsp3) is 1.00. The van der Waals surface area contributed by atoms with E-state index in [0.717, 1.165) is 0 Å². The van der Waals surface area contributed by atoms with Gasteiger partial charge in [-0.15, -0.1) is 0 Å². The van der Waals surface area contributed by atoms with Gasteiger partial charge in [-0.3, -0.25) is 4.52 Å². The molecule has 1 rings (SSSR count). The Bertz CT molecular complexity index is 295. The standard InChI is InChI=1S/C6H13O9P.Na/c7-1-3-4(8)5(9)6(10,15-3)2-14-16(11,12)13;/h3-5,7-10H,1-2H2,(H2,11,12,13);. The fourth-order valence-corrected chi connectivity index (χ4v) is 1.67. The molecule has 1 aliphatic heterocycles. The Morgan fingerprint density at radius 3 is 2.24 bits per heavy atom. The van der Waals surface area contributed by atoms with Crippen LogP contribution in [0.25, 0.3) is 0 Å². The van der Waals surface area contributed by atoms with Crippen LogP contribution in [0, 0.1) is 0 Å². The summed E-state index contributed by atoms with van der Waals surface area (Å²) in [4.78, 5) is 16.8. The molecule has 1 heterocycles. The molecular weight excluding hydrogens is 270 g/mol. The number of ether oxygens (including phenoxy) is 1. The summed E-state index contributed by atoms with van der Waals surface area (Å²) in [5.74, 6) is -2.46. The summed E-state index contributed by atoms with van der Waals surface area (Å²) in [5, 5.41) is 36.9. The molecule has 1 radical (unpaired) electrons. The summed E-state index contributed by atoms with van der Waals surface area (Å²) in [6, 6.07) is 0. The molecule has 97 valence electrons. The Morgan fingerprint density at radius 1 is 1.35 bits per heavy atom. The predicted octanol–water partition coefficient (Wildman–Crippen LogP) is -3.48. The molecule has 0 saturated carbocycles. The second kappa shape index (κ2) is 6.38. The van der Waals surface area contributed by atoms with Crippen LogP contribution in [0.3, 0.4) is 0 Å². The van der Waals surface area contributed by atoms with Crippen molar-refractivity contribution in [1.29, 1.82) is 0 Å². The number of hydrogen-bond donors (Lipinski definition) is 6. The zero-order valence-corrected chi connectivity index (χ0v) is 11.9. The molecule has 1 aliphatic rings. The molecule has 4 unspecified atom stereocenters. The van der Waals surface area contributed by atoms with Gasteiger partial charge in [0.2, 0.25) is 5.79 Å². The maximum atomic E-state index is 10.4. The summed E-state index contributed by atoms with van der Waals surface area (Å²) in [5.41, 5.74) is 0. The average Bonchev–Trinajstić information content (AvgIpc) is 2.40. The molecule has 9 nitrogen and oxygen atoms in total. The second-order valence-electron chi connectivity index (χ2n) is 3.38. The van der Waals surface area contributed by atoms with Crippen LogP contribution in [-0.2, 0) is 13.8 Å². The molecule has 4 atom stereocenters. The van der Waals surface area contributed by atoms with Crippen molar-refractivity contribution in [3.63, 3.8) is 0 Å². The number of hydrogen-bond acceptors (Lipinski definition) is 7. The number of aliphatic hydroxyl groups excluding tert-OH is 3. The van der Waals surface area contributed by atoms with E-state index in [1.807, 2.05) is 0 Å². The molecule has 17 heavy (non-hydrogen) atoms. The molecule has 1 saturated heterocycles. The van der Waals surface area contributed by atoms with Crippen LogP contribution in [0.5, 0.6) is 0 Å². The van der Waals surface area contributed by atoms with Crippen LogP contribution < -0.4 is 0 Å². The van der Waals surface area contributed by atoms with Crippen molar-refractivity contribution in [2.24, 2.45) is 0 Å². The molecule has 0 spiro atoms. The Kier molecular flexibility index (Phi) is 6.72. The molecular formula is C6H13NaO9P. The van der Waals surface area contributed by atoms with Gasteiger partial charge < -0.3 is 34.9 Å². The van der Waals surface area contributed by atoms with Gasteiger partial charge in [-0.1, -0.05) is 0 Å². The largest absolute Gasteiger partial charge is 0.469 e. The summed E-state index contributed by atoms with van der Waals surface area (Å²) >= 11 is 0. The maximum Gasteiger partial charge on any atom is 0.469 e. The van der Waals surface area contributed by atoms with Gasteiger partial charge >= 0.3 is 7.82 Å². The van der Waals surface area contributed by atoms with Gasteiger partial charge in [0.1, 0.15) is 24.9 Å². The first-order valence-corrected chi connectivity index (χ1v) is 5.80. The molecule has 0 aromatic rings. The van der Waals surface area contributed by atoms with Crippen LogP contribution in [0.2, 0.25) is 0 Å². The van der Waals surface area contributed by atoms with E-state index in [1.165, 1.54) is 0 Å². The summed E-state index contributed by atoms with van der Waals surface area (Å²) < 4.78 is 19.0. The molecule has 0 aromatic carbocycles. The third-order valence-corrected chi connectivity index (χ3v) is 2.61. The molecule has 0 aliphatic carbocycles. The van der Waals surface area contributed by atoms with E-state index < -0.39 is 45.1 Å². The van der Waals surface area contributed by atoms with Crippen molar-refractivity contribution in [3.05, 3.63) is 0 Å². The van der Waals surface area contributed by atoms with E-state index in [-0.39, 0.29) is 29.6 Å². The first-order chi connectivity index (χ1) is 7.19. The minimum Gasteiger partial charge on any atom is -0.394 e. The zero-order chi connectivity index (χ0) is 12.6. The van der Waals surface area contributed by atoms with E-state index in [1.54, 1.807) is 0 Å². The van der Waals surface area contributed by atoms with Crippen LogP contribution in [0.1, 0.15) is 0 Å². The zero-order valence-electron chi connectivity index (χ0n) is 9.00. The monoisotopic (exact) mass is 283 g/mol. The summed E-state index contributed by atoms with van der Waals surface area (Å²) in [6.07, 6.45) is -4.66. The van der Waals surface area contributed by atoms with Crippen molar-refractivity contribution < 1.29 is 44.0 Å². The van der Waals surface area contributed by atoms with E-state index in [4.69, 9.17) is 14.9 Å². The minimum absolute atomic E-state index is 0. The summed E-state index contributed by atoms with van der Waals surface area (Å²) in [7, 11) is -4.83. The Hall–Kier alpha value is 0.910. The molecule has 0 amide bonds. The average molecular weight is 283 g/mol. The Morgan fingerprint density at radius 2 is 1.88 bits per heavy atom. The molecule has 11 heteroatoms. The molecule has 1 fully saturated rings. The Labute approximate surface area is 119 Å². The molecule has 0 bridgehead atoms. The van der Waals surface area contributed by atoms with Crippen LogP contribution in [0.15, 0.2) is 0 Å². The number of rotatable bonds is 4. The minimum atomic E-state index is -4.83. The van der Waals surface area contributed by atoms with Crippen molar-refractivity contribution in [1.82, 2.24) is 0 Å². The number of aliphatic hydroxyl groups is 4. The van der Waals surface area contributed by atoms with E-state index in [2.05, 4.69) is 9.26 Å². The fourth-order valence-electron chi connectivity index (χ4n) is 1.31. The molecule has 0 aromatic heterocycles. The van der Waals surface area contributed by atoms with Gasteiger partial charge in [-0.2, -0.15) is 0 Å². The van der Waals surface area contributed by atoms with Crippen molar-refractivity contribution >= 4 is 37.4 Å². The maximum absolute atomic E-state index is 10.4. The summed E-state index contributed by atoms with van der Waals surface area (Å²) in [6.45, 7) is -1.71. The molecule has 6 N–H and O–H groups in total. The van der Waals surface area contributed by atoms with Gasteiger partial charge in [-0.05, 0) is 0 Å². The first kappa shape index (κ1) is 17.9. The van der Waals surface area contributed by atoms with Crippen molar-refractivity contribution in [3.8, 4) is 0 Å². The van der Waals surface area contributed by atoms with Gasteiger partial charge in [0.05, 0.1) is 6.61 Å². The third-order valence-electron chi connectivity index (χ3n) is 2.14. The van der Waals surface area contributed by atoms with Gasteiger partial charge in [0, 0.05) is 29.6 Å². The van der Waals surface area contributed by atoms with Gasteiger partial charge in [0.15, 0.2) is 0 Å². The van der Waals surface area contributed by atoms with E-state index >= 15 is 0 Å². The Balaban J connectivity index is 0.00000256.